The van der Waals surface area contributed by atoms with Crippen molar-refractivity contribution in [2.24, 2.45) is 5.92 Å². The van der Waals surface area contributed by atoms with E-state index in [0.717, 1.165) is 31.8 Å². The molecule has 2 N–H and O–H groups in total. The Morgan fingerprint density at radius 1 is 1.11 bits per heavy atom. The lowest BCUT2D eigenvalue weighted by atomic mass is 10.0. The Hall–Kier alpha value is -1.48. The van der Waals surface area contributed by atoms with E-state index in [1.807, 2.05) is 4.89 Å². The summed E-state index contributed by atoms with van der Waals surface area (Å²) >= 11 is 0. The van der Waals surface area contributed by atoms with Crippen molar-refractivity contribution in [1.29, 1.82) is 0 Å². The summed E-state index contributed by atoms with van der Waals surface area (Å²) < 4.78 is 23.7. The van der Waals surface area contributed by atoms with Crippen molar-refractivity contribution in [2.75, 3.05) is 26.7 Å². The summed E-state index contributed by atoms with van der Waals surface area (Å²) in [6, 6.07) is 6.03. The van der Waals surface area contributed by atoms with E-state index >= 15 is 0 Å². The molecule has 1 aliphatic carbocycles. The van der Waals surface area contributed by atoms with Gasteiger partial charge in [-0.15, -0.1) is 0 Å². The molecule has 1 saturated heterocycles. The van der Waals surface area contributed by atoms with Crippen LogP contribution in [0.3, 0.4) is 0 Å². The largest absolute Gasteiger partial charge is 0.349 e. The zero-order chi connectivity index (χ0) is 19.3. The third-order valence-electron chi connectivity index (χ3n) is 5.53. The molecular formula is C19H29N3O4S. The highest BCUT2D eigenvalue weighted by atomic mass is 32.2. The number of piperidine rings is 1. The van der Waals surface area contributed by atoms with Crippen LogP contribution in [-0.4, -0.2) is 52.0 Å². The minimum atomic E-state index is -3.71. The van der Waals surface area contributed by atoms with Crippen LogP contribution in [0.5, 0.6) is 0 Å². The fourth-order valence-electron chi connectivity index (χ4n) is 4.03. The van der Waals surface area contributed by atoms with Crippen molar-refractivity contribution in [1.82, 2.24) is 15.1 Å². The maximum Gasteiger partial charge on any atom is 0.262 e. The number of carbonyl (C=O) groups excluding carboxylic acids is 1. The van der Waals surface area contributed by atoms with E-state index in [-0.39, 0.29) is 16.8 Å². The first-order valence-corrected chi connectivity index (χ1v) is 11.1. The van der Waals surface area contributed by atoms with Gasteiger partial charge >= 0.3 is 0 Å². The molecule has 1 amide bonds. The fourth-order valence-corrected chi connectivity index (χ4v) is 4.84. The molecule has 0 spiro atoms. The van der Waals surface area contributed by atoms with Gasteiger partial charge in [-0.25, -0.2) is 8.42 Å². The van der Waals surface area contributed by atoms with Gasteiger partial charge in [-0.1, -0.05) is 17.7 Å². The number of nitrogens with one attached hydrogen (secondary N) is 2. The fraction of sp³-hybridized carbons (Fsp3) is 0.632. The van der Waals surface area contributed by atoms with Gasteiger partial charge in [-0.05, 0) is 55.9 Å². The van der Waals surface area contributed by atoms with Crippen LogP contribution in [0.2, 0.25) is 0 Å². The summed E-state index contributed by atoms with van der Waals surface area (Å²) in [4.78, 5) is 21.4. The van der Waals surface area contributed by atoms with Gasteiger partial charge in [0.1, 0.15) is 0 Å². The number of carbonyl (C=O) groups is 1. The number of amides is 1. The van der Waals surface area contributed by atoms with Crippen LogP contribution < -0.4 is 10.2 Å². The molecule has 1 saturated carbocycles. The lowest BCUT2D eigenvalue weighted by molar-refractivity contribution is 0.0905. The first-order chi connectivity index (χ1) is 13.0. The quantitative estimate of drug-likeness (QED) is 0.689. The molecular weight excluding hydrogens is 366 g/mol. The van der Waals surface area contributed by atoms with E-state index in [0.29, 0.717) is 5.56 Å². The number of rotatable bonds is 7. The Labute approximate surface area is 161 Å². The monoisotopic (exact) mass is 395 g/mol. The number of nitrogens with zero attached hydrogens (tertiary/aromatic N) is 1. The van der Waals surface area contributed by atoms with Crippen LogP contribution in [0.4, 0.5) is 0 Å². The minimum Gasteiger partial charge on any atom is -0.349 e. The molecule has 27 heavy (non-hydrogen) atoms. The Morgan fingerprint density at radius 3 is 2.33 bits per heavy atom. The average molecular weight is 396 g/mol. The molecule has 0 atom stereocenters. The van der Waals surface area contributed by atoms with Crippen LogP contribution >= 0.6 is 0 Å². The summed E-state index contributed by atoms with van der Waals surface area (Å²) in [5.74, 6) is 0.700. The van der Waals surface area contributed by atoms with Crippen molar-refractivity contribution in [3.63, 3.8) is 0 Å². The molecule has 150 valence electrons. The second-order valence-electron chi connectivity index (χ2n) is 7.51. The van der Waals surface area contributed by atoms with E-state index in [1.54, 1.807) is 0 Å². The van der Waals surface area contributed by atoms with Gasteiger partial charge < -0.3 is 10.2 Å². The Morgan fingerprint density at radius 2 is 1.74 bits per heavy atom. The first-order valence-electron chi connectivity index (χ1n) is 9.66. The van der Waals surface area contributed by atoms with Gasteiger partial charge in [-0.2, -0.15) is 0 Å². The van der Waals surface area contributed by atoms with Gasteiger partial charge in [0.05, 0.1) is 12.0 Å². The van der Waals surface area contributed by atoms with Gasteiger partial charge in [0, 0.05) is 31.2 Å². The van der Waals surface area contributed by atoms with Gasteiger partial charge in [0.2, 0.25) is 0 Å². The zero-order valence-electron chi connectivity index (χ0n) is 15.8. The summed E-state index contributed by atoms with van der Waals surface area (Å²) in [5.41, 5.74) is 0.458. The highest BCUT2D eigenvalue weighted by Crippen LogP contribution is 2.26. The molecule has 1 aromatic rings. The maximum absolute atomic E-state index is 12.4. The second kappa shape index (κ2) is 9.14. The van der Waals surface area contributed by atoms with Crippen molar-refractivity contribution >= 4 is 15.9 Å². The molecule has 8 heteroatoms. The highest BCUT2D eigenvalue weighted by Gasteiger charge is 2.24. The van der Waals surface area contributed by atoms with Crippen molar-refractivity contribution < 1.29 is 18.0 Å². The number of hydrogen-bond acceptors (Lipinski definition) is 5. The van der Waals surface area contributed by atoms with Crippen molar-refractivity contribution in [3.05, 3.63) is 29.8 Å². The second-order valence-corrected chi connectivity index (χ2v) is 9.16. The maximum atomic E-state index is 12.4. The van der Waals surface area contributed by atoms with Crippen molar-refractivity contribution in [3.8, 4) is 0 Å². The average Bonchev–Trinajstić information content (AvgIpc) is 3.16. The normalized spacial score (nSPS) is 20.0. The van der Waals surface area contributed by atoms with E-state index in [4.69, 9.17) is 0 Å². The Kier molecular flexibility index (Phi) is 6.86. The van der Waals surface area contributed by atoms with Gasteiger partial charge in [0.15, 0.2) is 0 Å². The lowest BCUT2D eigenvalue weighted by Crippen LogP contribution is -2.45. The summed E-state index contributed by atoms with van der Waals surface area (Å²) in [5, 5.41) is 3.08. The third-order valence-corrected chi connectivity index (χ3v) is 6.81. The molecule has 3 rings (SSSR count). The molecule has 2 aliphatic rings. The van der Waals surface area contributed by atoms with Crippen LogP contribution in [0.15, 0.2) is 29.2 Å². The molecule has 1 aliphatic heterocycles. The number of sulfonamides is 1. The molecule has 0 radical (unpaired) electrons. The van der Waals surface area contributed by atoms with E-state index in [9.17, 15) is 13.2 Å². The highest BCUT2D eigenvalue weighted by molar-refractivity contribution is 7.89. The van der Waals surface area contributed by atoms with E-state index in [2.05, 4.69) is 15.1 Å². The SMILES string of the molecule is CONS(=O)(=O)c1ccc(C(=O)NC2CCN(CC3CCCC3)CC2)cc1. The molecule has 0 aromatic heterocycles. The molecule has 7 nitrogen and oxygen atoms in total. The van der Waals surface area contributed by atoms with Crippen LogP contribution in [0.25, 0.3) is 0 Å². The molecule has 0 unspecified atom stereocenters. The molecule has 0 bridgehead atoms. The lowest BCUT2D eigenvalue weighted by Gasteiger charge is -2.33. The van der Waals surface area contributed by atoms with Crippen LogP contribution in [0, 0.1) is 5.92 Å². The van der Waals surface area contributed by atoms with Crippen molar-refractivity contribution in [2.45, 2.75) is 49.5 Å². The summed E-state index contributed by atoms with van der Waals surface area (Å²) in [7, 11) is -2.47. The summed E-state index contributed by atoms with van der Waals surface area (Å²) in [6.07, 6.45) is 7.40. The molecule has 1 heterocycles. The predicted octanol–water partition coefficient (Wildman–Crippen LogP) is 1.91. The number of likely N-dealkylation sites (tertiary alicyclic amines) is 1. The standard InChI is InChI=1S/C19H29N3O4S/c1-26-21-27(24,25)18-8-6-16(7-9-18)19(23)20-17-10-12-22(13-11-17)14-15-4-2-3-5-15/h6-9,15,17,21H,2-5,10-14H2,1H3,(H,20,23). The smallest absolute Gasteiger partial charge is 0.262 e. The predicted molar refractivity (Wildman–Crippen MR) is 103 cm³/mol. The topological polar surface area (TPSA) is 87.7 Å². The zero-order valence-corrected chi connectivity index (χ0v) is 16.6. The number of benzene rings is 1. The Balaban J connectivity index is 1.48. The van der Waals surface area contributed by atoms with Crippen LogP contribution in [0.1, 0.15) is 48.9 Å². The Bertz CT molecular complexity index is 722. The summed E-state index contributed by atoms with van der Waals surface area (Å²) in [6.45, 7) is 3.26. The first kappa shape index (κ1) is 20.3. The van der Waals surface area contributed by atoms with E-state index in [1.165, 1.54) is 63.6 Å². The third kappa shape index (κ3) is 5.51. The molecule has 2 fully saturated rings. The van der Waals surface area contributed by atoms with E-state index < -0.39 is 10.0 Å². The number of hydrogen-bond donors (Lipinski definition) is 2. The van der Waals surface area contributed by atoms with Crippen LogP contribution in [-0.2, 0) is 14.9 Å². The van der Waals surface area contributed by atoms with Gasteiger partial charge in [-0.3, -0.25) is 9.63 Å². The molecule has 1 aromatic carbocycles. The minimum absolute atomic E-state index is 0.0566. The van der Waals surface area contributed by atoms with Gasteiger partial charge in [0.25, 0.3) is 15.9 Å².